The third-order valence-electron chi connectivity index (χ3n) is 3.89. The number of aromatic nitrogens is 1. The summed E-state index contributed by atoms with van der Waals surface area (Å²) in [6, 6.07) is 4.63. The summed E-state index contributed by atoms with van der Waals surface area (Å²) in [4.78, 5) is 23.9. The van der Waals surface area contributed by atoms with Gasteiger partial charge in [-0.15, -0.1) is 0 Å². The number of nitrogens with one attached hydrogen (secondary N) is 1. The SMILES string of the molecule is COc1cc(OC)c(OC)cc1CNC(=O)Cn1cc(C(F)(F)F)ccc1=O. The van der Waals surface area contributed by atoms with Crippen molar-refractivity contribution in [1.82, 2.24) is 9.88 Å². The van der Waals surface area contributed by atoms with Crippen molar-refractivity contribution >= 4 is 5.91 Å². The molecule has 7 nitrogen and oxygen atoms in total. The Labute approximate surface area is 158 Å². The Bertz CT molecular complexity index is 909. The molecular formula is C18H19F3N2O5. The molecule has 0 atom stereocenters. The molecule has 0 radical (unpaired) electrons. The quantitative estimate of drug-likeness (QED) is 0.771. The number of methoxy groups -OCH3 is 3. The molecule has 2 rings (SSSR count). The number of hydrogen-bond donors (Lipinski definition) is 1. The predicted molar refractivity (Wildman–Crippen MR) is 93.6 cm³/mol. The van der Waals surface area contributed by atoms with Crippen LogP contribution in [-0.2, 0) is 24.1 Å². The van der Waals surface area contributed by atoms with Gasteiger partial charge in [0.05, 0.1) is 26.9 Å². The molecule has 1 aromatic heterocycles. The van der Waals surface area contributed by atoms with Gasteiger partial charge in [-0.05, 0) is 12.1 Å². The molecule has 0 aliphatic rings. The molecule has 1 heterocycles. The fourth-order valence-corrected chi connectivity index (χ4v) is 2.46. The Hall–Kier alpha value is -3.17. The van der Waals surface area contributed by atoms with Crippen LogP contribution in [0.2, 0.25) is 0 Å². The van der Waals surface area contributed by atoms with Gasteiger partial charge >= 0.3 is 6.18 Å². The van der Waals surface area contributed by atoms with E-state index in [1.807, 2.05) is 0 Å². The highest BCUT2D eigenvalue weighted by Gasteiger charge is 2.31. The lowest BCUT2D eigenvalue weighted by atomic mass is 10.1. The predicted octanol–water partition coefficient (Wildman–Crippen LogP) is 2.21. The molecule has 0 fully saturated rings. The van der Waals surface area contributed by atoms with Crippen molar-refractivity contribution in [2.24, 2.45) is 0 Å². The van der Waals surface area contributed by atoms with Crippen LogP contribution in [0.3, 0.4) is 0 Å². The lowest BCUT2D eigenvalue weighted by Crippen LogP contribution is -2.32. The second kappa shape index (κ2) is 8.68. The number of carbonyl (C=O) groups excluding carboxylic acids is 1. The number of benzene rings is 1. The average molecular weight is 400 g/mol. The van der Waals surface area contributed by atoms with E-state index in [9.17, 15) is 22.8 Å². The number of amides is 1. The van der Waals surface area contributed by atoms with E-state index < -0.39 is 29.8 Å². The Kier molecular flexibility index (Phi) is 6.55. The van der Waals surface area contributed by atoms with E-state index in [2.05, 4.69) is 5.32 Å². The van der Waals surface area contributed by atoms with Gasteiger partial charge in [0.15, 0.2) is 11.5 Å². The number of rotatable bonds is 7. The zero-order chi connectivity index (χ0) is 20.9. The topological polar surface area (TPSA) is 78.8 Å². The van der Waals surface area contributed by atoms with Gasteiger partial charge in [0.25, 0.3) is 5.56 Å². The second-order valence-electron chi connectivity index (χ2n) is 5.68. The molecule has 0 unspecified atom stereocenters. The zero-order valence-corrected chi connectivity index (χ0v) is 15.4. The summed E-state index contributed by atoms with van der Waals surface area (Å²) >= 11 is 0. The summed E-state index contributed by atoms with van der Waals surface area (Å²) in [6.45, 7) is -0.547. The molecule has 1 N–H and O–H groups in total. The van der Waals surface area contributed by atoms with Crippen LogP contribution >= 0.6 is 0 Å². The van der Waals surface area contributed by atoms with Gasteiger partial charge in [-0.25, -0.2) is 0 Å². The van der Waals surface area contributed by atoms with Crippen molar-refractivity contribution in [1.29, 1.82) is 0 Å². The van der Waals surface area contributed by atoms with Crippen molar-refractivity contribution in [2.45, 2.75) is 19.3 Å². The number of pyridine rings is 1. The van der Waals surface area contributed by atoms with E-state index >= 15 is 0 Å². The van der Waals surface area contributed by atoms with Crippen LogP contribution in [0.1, 0.15) is 11.1 Å². The lowest BCUT2D eigenvalue weighted by molar-refractivity contribution is -0.138. The van der Waals surface area contributed by atoms with E-state index in [1.54, 1.807) is 12.1 Å². The first-order valence-corrected chi connectivity index (χ1v) is 8.03. The van der Waals surface area contributed by atoms with Gasteiger partial charge in [0.2, 0.25) is 5.91 Å². The van der Waals surface area contributed by atoms with Crippen LogP contribution in [0.4, 0.5) is 13.2 Å². The fraction of sp³-hybridized carbons (Fsp3) is 0.333. The maximum Gasteiger partial charge on any atom is 0.417 e. The van der Waals surface area contributed by atoms with Crippen molar-refractivity contribution in [3.8, 4) is 17.2 Å². The first-order chi connectivity index (χ1) is 13.2. The van der Waals surface area contributed by atoms with Crippen molar-refractivity contribution in [3.63, 3.8) is 0 Å². The molecule has 1 aromatic carbocycles. The first kappa shape index (κ1) is 21.1. The number of halogens is 3. The smallest absolute Gasteiger partial charge is 0.417 e. The minimum absolute atomic E-state index is 0.00999. The Morgan fingerprint density at radius 2 is 1.64 bits per heavy atom. The van der Waals surface area contributed by atoms with Gasteiger partial charge in [0.1, 0.15) is 12.3 Å². The first-order valence-electron chi connectivity index (χ1n) is 8.03. The van der Waals surface area contributed by atoms with Gasteiger partial charge in [-0.3, -0.25) is 9.59 Å². The largest absolute Gasteiger partial charge is 0.496 e. The number of nitrogens with zero attached hydrogens (tertiary/aromatic N) is 1. The molecule has 0 aliphatic heterocycles. The van der Waals surface area contributed by atoms with Gasteiger partial charge in [-0.2, -0.15) is 13.2 Å². The monoisotopic (exact) mass is 400 g/mol. The van der Waals surface area contributed by atoms with E-state index in [0.29, 0.717) is 39.6 Å². The number of carbonyl (C=O) groups is 1. The highest BCUT2D eigenvalue weighted by atomic mass is 19.4. The molecule has 0 bridgehead atoms. The van der Waals surface area contributed by atoms with Crippen LogP contribution in [-0.4, -0.2) is 31.8 Å². The summed E-state index contributed by atoms with van der Waals surface area (Å²) in [6.07, 6.45) is -4.00. The molecule has 152 valence electrons. The molecule has 0 saturated carbocycles. The van der Waals surface area contributed by atoms with E-state index in [0.717, 1.165) is 6.07 Å². The van der Waals surface area contributed by atoms with Gasteiger partial charge < -0.3 is 24.1 Å². The molecule has 0 spiro atoms. The van der Waals surface area contributed by atoms with E-state index in [4.69, 9.17) is 14.2 Å². The Balaban J connectivity index is 2.14. The van der Waals surface area contributed by atoms with Gasteiger partial charge in [-0.1, -0.05) is 0 Å². The zero-order valence-electron chi connectivity index (χ0n) is 15.4. The Morgan fingerprint density at radius 1 is 1.04 bits per heavy atom. The minimum Gasteiger partial charge on any atom is -0.496 e. The molecule has 10 heteroatoms. The third kappa shape index (κ3) is 4.96. The van der Waals surface area contributed by atoms with Gasteiger partial charge in [0, 0.05) is 30.4 Å². The average Bonchev–Trinajstić information content (AvgIpc) is 2.66. The minimum atomic E-state index is -4.61. The highest BCUT2D eigenvalue weighted by Crippen LogP contribution is 2.34. The summed E-state index contributed by atoms with van der Waals surface area (Å²) in [5, 5.41) is 2.54. The molecule has 0 aliphatic carbocycles. The van der Waals surface area contributed by atoms with E-state index in [-0.39, 0.29) is 6.54 Å². The van der Waals surface area contributed by atoms with Crippen molar-refractivity contribution < 1.29 is 32.2 Å². The van der Waals surface area contributed by atoms with E-state index in [1.165, 1.54) is 21.3 Å². The van der Waals surface area contributed by atoms with Crippen LogP contribution in [0.5, 0.6) is 17.2 Å². The van der Waals surface area contributed by atoms with Crippen LogP contribution in [0.15, 0.2) is 35.3 Å². The summed E-state index contributed by atoms with van der Waals surface area (Å²) < 4.78 is 54.6. The maximum absolute atomic E-state index is 12.8. The normalized spacial score (nSPS) is 11.1. The summed E-state index contributed by atoms with van der Waals surface area (Å²) in [5.74, 6) is 0.638. The van der Waals surface area contributed by atoms with Crippen molar-refractivity contribution in [2.75, 3.05) is 21.3 Å². The maximum atomic E-state index is 12.8. The van der Waals surface area contributed by atoms with Crippen molar-refractivity contribution in [3.05, 3.63) is 51.9 Å². The van der Waals surface area contributed by atoms with Crippen LogP contribution in [0.25, 0.3) is 0 Å². The summed E-state index contributed by atoms with van der Waals surface area (Å²) in [5.41, 5.74) is -1.17. The standard InChI is InChI=1S/C18H19F3N2O5/c1-26-13-7-15(28-3)14(27-2)6-11(13)8-22-16(24)10-23-9-12(18(19,20)21)4-5-17(23)25/h4-7,9H,8,10H2,1-3H3,(H,22,24). The fourth-order valence-electron chi connectivity index (χ4n) is 2.46. The second-order valence-corrected chi connectivity index (χ2v) is 5.68. The molecular weight excluding hydrogens is 381 g/mol. The third-order valence-corrected chi connectivity index (χ3v) is 3.89. The molecule has 28 heavy (non-hydrogen) atoms. The number of alkyl halides is 3. The lowest BCUT2D eigenvalue weighted by Gasteiger charge is -2.15. The summed E-state index contributed by atoms with van der Waals surface area (Å²) in [7, 11) is 4.35. The van der Waals surface area contributed by atoms with Crippen LogP contribution in [0, 0.1) is 0 Å². The molecule has 1 amide bonds. The number of hydrogen-bond acceptors (Lipinski definition) is 5. The molecule has 2 aromatic rings. The number of ether oxygens (including phenoxy) is 3. The van der Waals surface area contributed by atoms with Crippen LogP contribution < -0.4 is 25.1 Å². The Morgan fingerprint density at radius 3 is 2.21 bits per heavy atom. The highest BCUT2D eigenvalue weighted by molar-refractivity contribution is 5.75. The molecule has 0 saturated heterocycles.